The van der Waals surface area contributed by atoms with Gasteiger partial charge >= 0.3 is 0 Å². The number of piperazine rings is 1. The van der Waals surface area contributed by atoms with E-state index in [-0.39, 0.29) is 0 Å². The highest BCUT2D eigenvalue weighted by Gasteiger charge is 2.29. The fourth-order valence-corrected chi connectivity index (χ4v) is 2.74. The molecule has 1 N–H and O–H groups in total. The van der Waals surface area contributed by atoms with Crippen LogP contribution in [-0.2, 0) is 0 Å². The van der Waals surface area contributed by atoms with E-state index in [0.29, 0.717) is 0 Å². The quantitative estimate of drug-likeness (QED) is 0.770. The third-order valence-electron chi connectivity index (χ3n) is 4.67. The molecule has 2 fully saturated rings. The normalized spacial score (nSPS) is 28.7. The average Bonchev–Trinajstić information content (AvgIpc) is 2.26. The van der Waals surface area contributed by atoms with Gasteiger partial charge in [0.25, 0.3) is 0 Å². The summed E-state index contributed by atoms with van der Waals surface area (Å²) in [6.07, 6.45) is 1.30. The van der Waals surface area contributed by atoms with Crippen molar-refractivity contribution in [3.05, 3.63) is 0 Å². The highest BCUT2D eigenvalue weighted by atomic mass is 15.3. The second-order valence-electron chi connectivity index (χ2n) is 5.51. The molecule has 2 aliphatic heterocycles. The lowest BCUT2D eigenvalue weighted by molar-refractivity contribution is 0.0425. The summed E-state index contributed by atoms with van der Waals surface area (Å²) in [6, 6.07) is 1.59. The highest BCUT2D eigenvalue weighted by Crippen LogP contribution is 2.17. The van der Waals surface area contributed by atoms with Gasteiger partial charge in [-0.2, -0.15) is 0 Å². The van der Waals surface area contributed by atoms with Crippen LogP contribution in [-0.4, -0.2) is 61.2 Å². The van der Waals surface area contributed by atoms with E-state index in [1.165, 1.54) is 45.7 Å². The molecule has 0 aliphatic carbocycles. The summed E-state index contributed by atoms with van der Waals surface area (Å²) in [4.78, 5) is 5.34. The van der Waals surface area contributed by atoms with Crippen molar-refractivity contribution in [2.75, 3.05) is 39.3 Å². The van der Waals surface area contributed by atoms with Crippen molar-refractivity contribution in [2.45, 2.75) is 39.3 Å². The molecule has 2 saturated heterocycles. The predicted molar refractivity (Wildman–Crippen MR) is 68.7 cm³/mol. The fraction of sp³-hybridized carbons (Fsp3) is 1.00. The molecule has 0 aromatic heterocycles. The summed E-state index contributed by atoms with van der Waals surface area (Å²) in [5, 5.41) is 3.36. The Balaban J connectivity index is 1.75. The Morgan fingerprint density at radius 2 is 1.75 bits per heavy atom. The van der Waals surface area contributed by atoms with Gasteiger partial charge in [0.1, 0.15) is 0 Å². The van der Waals surface area contributed by atoms with E-state index >= 15 is 0 Å². The molecular weight excluding hydrogens is 198 g/mol. The summed E-state index contributed by atoms with van der Waals surface area (Å²) < 4.78 is 0. The van der Waals surface area contributed by atoms with Crippen molar-refractivity contribution in [2.24, 2.45) is 5.92 Å². The Kier molecular flexibility index (Phi) is 4.22. The van der Waals surface area contributed by atoms with Crippen molar-refractivity contribution in [1.29, 1.82) is 0 Å². The zero-order valence-electron chi connectivity index (χ0n) is 11.1. The maximum Gasteiger partial charge on any atom is 0.0346 e. The molecule has 2 rings (SSSR count). The lowest BCUT2D eigenvalue weighted by Gasteiger charge is -2.45. The maximum atomic E-state index is 3.36. The van der Waals surface area contributed by atoms with Gasteiger partial charge in [-0.15, -0.1) is 0 Å². The molecule has 0 spiro atoms. The predicted octanol–water partition coefficient (Wildman–Crippen LogP) is 1.01. The van der Waals surface area contributed by atoms with Gasteiger partial charge in [-0.1, -0.05) is 20.3 Å². The topological polar surface area (TPSA) is 18.5 Å². The molecule has 0 amide bonds. The number of hydrogen-bond acceptors (Lipinski definition) is 3. The minimum Gasteiger partial charge on any atom is -0.314 e. The van der Waals surface area contributed by atoms with Gasteiger partial charge in [0, 0.05) is 51.4 Å². The van der Waals surface area contributed by atoms with Crippen LogP contribution >= 0.6 is 0 Å². The standard InChI is InChI=1S/C13H27N3/c1-4-11(2)12(3)15-5-7-16(8-6-15)13-9-14-10-13/h11-14H,4-10H2,1-3H3. The Bertz CT molecular complexity index is 207. The monoisotopic (exact) mass is 225 g/mol. The first-order chi connectivity index (χ1) is 7.72. The SMILES string of the molecule is CCC(C)C(C)N1CCN(C2CNC2)CC1. The van der Waals surface area contributed by atoms with Crippen molar-refractivity contribution in [1.82, 2.24) is 15.1 Å². The van der Waals surface area contributed by atoms with Crippen LogP contribution in [0.3, 0.4) is 0 Å². The van der Waals surface area contributed by atoms with E-state index in [1.807, 2.05) is 0 Å². The van der Waals surface area contributed by atoms with Crippen molar-refractivity contribution < 1.29 is 0 Å². The molecule has 3 nitrogen and oxygen atoms in total. The number of rotatable bonds is 4. The molecule has 2 aliphatic rings. The molecule has 0 bridgehead atoms. The van der Waals surface area contributed by atoms with Crippen LogP contribution in [0.5, 0.6) is 0 Å². The minimum absolute atomic E-state index is 0.756. The first-order valence-electron chi connectivity index (χ1n) is 6.91. The van der Waals surface area contributed by atoms with Crippen molar-refractivity contribution >= 4 is 0 Å². The zero-order chi connectivity index (χ0) is 11.5. The van der Waals surface area contributed by atoms with E-state index in [1.54, 1.807) is 0 Å². The summed E-state index contributed by atoms with van der Waals surface area (Å²) >= 11 is 0. The lowest BCUT2D eigenvalue weighted by Crippen LogP contribution is -2.62. The molecule has 16 heavy (non-hydrogen) atoms. The molecule has 0 radical (unpaired) electrons. The Labute approximate surface area is 100 Å². The van der Waals surface area contributed by atoms with Gasteiger partial charge in [-0.05, 0) is 12.8 Å². The van der Waals surface area contributed by atoms with Gasteiger partial charge in [0.15, 0.2) is 0 Å². The molecule has 2 unspecified atom stereocenters. The van der Waals surface area contributed by atoms with Crippen LogP contribution in [0.2, 0.25) is 0 Å². The largest absolute Gasteiger partial charge is 0.314 e. The molecule has 94 valence electrons. The molecule has 3 heteroatoms. The second-order valence-corrected chi connectivity index (χ2v) is 5.51. The number of nitrogens with zero attached hydrogens (tertiary/aromatic N) is 2. The second kappa shape index (κ2) is 5.48. The van der Waals surface area contributed by atoms with Crippen LogP contribution in [0.25, 0.3) is 0 Å². The summed E-state index contributed by atoms with van der Waals surface area (Å²) in [7, 11) is 0. The number of nitrogens with one attached hydrogen (secondary N) is 1. The van der Waals surface area contributed by atoms with Gasteiger partial charge in [0.05, 0.1) is 0 Å². The van der Waals surface area contributed by atoms with E-state index in [4.69, 9.17) is 0 Å². The van der Waals surface area contributed by atoms with Gasteiger partial charge in [-0.25, -0.2) is 0 Å². The van der Waals surface area contributed by atoms with Gasteiger partial charge < -0.3 is 5.32 Å². The summed E-state index contributed by atoms with van der Waals surface area (Å²) in [5.41, 5.74) is 0. The fourth-order valence-electron chi connectivity index (χ4n) is 2.74. The van der Waals surface area contributed by atoms with Crippen LogP contribution in [0.15, 0.2) is 0 Å². The highest BCUT2D eigenvalue weighted by molar-refractivity contribution is 4.88. The lowest BCUT2D eigenvalue weighted by atomic mass is 9.98. The van der Waals surface area contributed by atoms with E-state index in [2.05, 4.69) is 35.9 Å². The van der Waals surface area contributed by atoms with E-state index < -0.39 is 0 Å². The Hall–Kier alpha value is -0.120. The third-order valence-corrected chi connectivity index (χ3v) is 4.67. The van der Waals surface area contributed by atoms with Crippen LogP contribution < -0.4 is 5.32 Å². The van der Waals surface area contributed by atoms with Crippen molar-refractivity contribution in [3.8, 4) is 0 Å². The van der Waals surface area contributed by atoms with Crippen LogP contribution in [0, 0.1) is 5.92 Å². The molecule has 2 heterocycles. The average molecular weight is 225 g/mol. The van der Waals surface area contributed by atoms with E-state index in [0.717, 1.165) is 18.0 Å². The van der Waals surface area contributed by atoms with Crippen LogP contribution in [0.1, 0.15) is 27.2 Å². The number of hydrogen-bond donors (Lipinski definition) is 1. The van der Waals surface area contributed by atoms with E-state index in [9.17, 15) is 0 Å². The molecular formula is C13H27N3. The van der Waals surface area contributed by atoms with Crippen molar-refractivity contribution in [3.63, 3.8) is 0 Å². The van der Waals surface area contributed by atoms with Gasteiger partial charge in [-0.3, -0.25) is 9.80 Å². The van der Waals surface area contributed by atoms with Gasteiger partial charge in [0.2, 0.25) is 0 Å². The Morgan fingerprint density at radius 3 is 2.19 bits per heavy atom. The first-order valence-corrected chi connectivity index (χ1v) is 6.91. The summed E-state index contributed by atoms with van der Waals surface area (Å²) in [6.45, 7) is 14.6. The third kappa shape index (κ3) is 2.58. The minimum atomic E-state index is 0.756. The molecule has 0 aromatic rings. The molecule has 0 saturated carbocycles. The zero-order valence-corrected chi connectivity index (χ0v) is 11.1. The first kappa shape index (κ1) is 12.3. The molecule has 2 atom stereocenters. The maximum absolute atomic E-state index is 3.36. The Morgan fingerprint density at radius 1 is 1.12 bits per heavy atom. The summed E-state index contributed by atoms with van der Waals surface area (Å²) in [5.74, 6) is 0.830. The van der Waals surface area contributed by atoms with Crippen LogP contribution in [0.4, 0.5) is 0 Å². The molecule has 0 aromatic carbocycles. The smallest absolute Gasteiger partial charge is 0.0346 e.